The van der Waals surface area contributed by atoms with Crippen LogP contribution in [-0.2, 0) is 18.9 Å². The fourth-order valence-electron chi connectivity index (χ4n) is 2.56. The average Bonchev–Trinajstić information content (AvgIpc) is 2.65. The van der Waals surface area contributed by atoms with E-state index in [1.165, 1.54) is 0 Å². The van der Waals surface area contributed by atoms with E-state index < -0.39 is 12.2 Å². The highest BCUT2D eigenvalue weighted by Crippen LogP contribution is 2.02. The topological polar surface area (TPSA) is 102 Å². The highest BCUT2D eigenvalue weighted by atomic mass is 16.6. The number of nitrogens with zero attached hydrogens (tertiary/aromatic N) is 2. The van der Waals surface area contributed by atoms with Crippen LogP contribution in [-0.4, -0.2) is 88.0 Å². The van der Waals surface area contributed by atoms with Crippen LogP contribution in [0.25, 0.3) is 0 Å². The van der Waals surface area contributed by atoms with Crippen molar-refractivity contribution in [3.63, 3.8) is 0 Å². The highest BCUT2D eigenvalue weighted by Gasteiger charge is 2.14. The summed E-state index contributed by atoms with van der Waals surface area (Å²) in [4.78, 5) is 23.2. The van der Waals surface area contributed by atoms with Crippen LogP contribution in [0.5, 0.6) is 0 Å². The number of morpholine rings is 2. The molecule has 0 saturated carbocycles. The molecule has 0 aromatic heterocycles. The van der Waals surface area contributed by atoms with Crippen LogP contribution in [0.1, 0.15) is 25.7 Å². The summed E-state index contributed by atoms with van der Waals surface area (Å²) < 4.78 is 20.7. The van der Waals surface area contributed by atoms with Gasteiger partial charge in [-0.25, -0.2) is 19.6 Å². The Kier molecular flexibility index (Phi) is 10.1. The van der Waals surface area contributed by atoms with Gasteiger partial charge in [-0.1, -0.05) is 0 Å². The molecule has 2 aliphatic rings. The highest BCUT2D eigenvalue weighted by molar-refractivity contribution is 5.66. The van der Waals surface area contributed by atoms with Gasteiger partial charge in [0.1, 0.15) is 0 Å². The zero-order chi connectivity index (χ0) is 18.5. The Morgan fingerprint density at radius 1 is 0.692 bits per heavy atom. The summed E-state index contributed by atoms with van der Waals surface area (Å²) in [6.07, 6.45) is 2.57. The first-order chi connectivity index (χ1) is 12.7. The first-order valence-electron chi connectivity index (χ1n) is 9.26. The summed E-state index contributed by atoms with van der Waals surface area (Å²) in [5.74, 6) is 0. The van der Waals surface area contributed by atoms with Gasteiger partial charge in [0.2, 0.25) is 0 Å². The SMILES string of the molecule is O=C(NN1CCOCC1)OCCCCCCOC(=O)NN1CCOCC1. The smallest absolute Gasteiger partial charge is 0.421 e. The third-order valence-electron chi connectivity index (χ3n) is 4.03. The van der Waals surface area contributed by atoms with E-state index >= 15 is 0 Å². The lowest BCUT2D eigenvalue weighted by atomic mass is 10.2. The number of nitrogens with one attached hydrogen (secondary N) is 2. The summed E-state index contributed by atoms with van der Waals surface area (Å²) in [5.41, 5.74) is 5.38. The molecule has 2 rings (SSSR count). The van der Waals surface area contributed by atoms with Gasteiger partial charge in [0.15, 0.2) is 0 Å². The Hall–Kier alpha value is -1.62. The van der Waals surface area contributed by atoms with E-state index in [-0.39, 0.29) is 0 Å². The molecule has 0 aliphatic carbocycles. The molecule has 0 spiro atoms. The number of ether oxygens (including phenoxy) is 4. The summed E-state index contributed by atoms with van der Waals surface area (Å²) in [6.45, 7) is 5.94. The second-order valence-electron chi connectivity index (χ2n) is 6.11. The molecule has 26 heavy (non-hydrogen) atoms. The zero-order valence-corrected chi connectivity index (χ0v) is 15.2. The van der Waals surface area contributed by atoms with Crippen molar-refractivity contribution in [2.45, 2.75) is 25.7 Å². The van der Waals surface area contributed by atoms with E-state index in [2.05, 4.69) is 10.9 Å². The molecule has 2 aliphatic heterocycles. The second-order valence-corrected chi connectivity index (χ2v) is 6.11. The number of rotatable bonds is 9. The molecule has 10 heteroatoms. The molecule has 2 saturated heterocycles. The molecule has 2 fully saturated rings. The molecule has 150 valence electrons. The predicted octanol–water partition coefficient (Wildman–Crippen LogP) is 0.494. The maximum Gasteiger partial charge on any atom is 0.421 e. The van der Waals surface area contributed by atoms with Crippen molar-refractivity contribution in [2.24, 2.45) is 0 Å². The molecule has 10 nitrogen and oxygen atoms in total. The first-order valence-corrected chi connectivity index (χ1v) is 9.26. The molecule has 0 aromatic rings. The van der Waals surface area contributed by atoms with Crippen molar-refractivity contribution in [3.8, 4) is 0 Å². The molecular weight excluding hydrogens is 344 g/mol. The molecule has 0 aromatic carbocycles. The van der Waals surface area contributed by atoms with Gasteiger partial charge in [0.25, 0.3) is 0 Å². The van der Waals surface area contributed by atoms with Crippen molar-refractivity contribution < 1.29 is 28.5 Å². The number of hydrogen-bond acceptors (Lipinski definition) is 8. The summed E-state index contributed by atoms with van der Waals surface area (Å²) in [7, 11) is 0. The first kappa shape index (κ1) is 20.7. The average molecular weight is 374 g/mol. The van der Waals surface area contributed by atoms with Crippen LogP contribution < -0.4 is 10.9 Å². The largest absolute Gasteiger partial charge is 0.449 e. The van der Waals surface area contributed by atoms with E-state index in [0.717, 1.165) is 25.7 Å². The van der Waals surface area contributed by atoms with Gasteiger partial charge >= 0.3 is 12.2 Å². The number of hydrazine groups is 2. The van der Waals surface area contributed by atoms with Crippen LogP contribution in [0, 0.1) is 0 Å². The molecular formula is C16H30N4O6. The van der Waals surface area contributed by atoms with Crippen LogP contribution in [0.2, 0.25) is 0 Å². The summed E-state index contributed by atoms with van der Waals surface area (Å²) >= 11 is 0. The van der Waals surface area contributed by atoms with Gasteiger partial charge in [-0.15, -0.1) is 0 Å². The minimum absolute atomic E-state index is 0.383. The maximum atomic E-state index is 11.6. The van der Waals surface area contributed by atoms with Gasteiger partial charge in [-0.3, -0.25) is 10.9 Å². The Bertz CT molecular complexity index is 376. The summed E-state index contributed by atoms with van der Waals surface area (Å²) in [6, 6.07) is 0. The zero-order valence-electron chi connectivity index (χ0n) is 15.2. The minimum atomic E-state index is -0.421. The third-order valence-corrected chi connectivity index (χ3v) is 4.03. The van der Waals surface area contributed by atoms with E-state index in [1.807, 2.05) is 0 Å². The quantitative estimate of drug-likeness (QED) is 0.563. The second kappa shape index (κ2) is 12.7. The van der Waals surface area contributed by atoms with Crippen molar-refractivity contribution in [1.29, 1.82) is 0 Å². The molecule has 0 bridgehead atoms. The van der Waals surface area contributed by atoms with Gasteiger partial charge in [-0.05, 0) is 25.7 Å². The summed E-state index contributed by atoms with van der Waals surface area (Å²) in [5, 5.41) is 3.59. The van der Waals surface area contributed by atoms with E-state index in [0.29, 0.717) is 65.8 Å². The molecule has 2 N–H and O–H groups in total. The molecule has 0 unspecified atom stereocenters. The van der Waals surface area contributed by atoms with Crippen molar-refractivity contribution in [2.75, 3.05) is 65.8 Å². The van der Waals surface area contributed by atoms with Crippen molar-refractivity contribution in [1.82, 2.24) is 20.9 Å². The minimum Gasteiger partial charge on any atom is -0.449 e. The lowest BCUT2D eigenvalue weighted by molar-refractivity contribution is 0.00920. The number of carbonyl (C=O) groups excluding carboxylic acids is 2. The van der Waals surface area contributed by atoms with E-state index in [4.69, 9.17) is 18.9 Å². The lowest BCUT2D eigenvalue weighted by Gasteiger charge is -2.26. The van der Waals surface area contributed by atoms with Crippen molar-refractivity contribution in [3.05, 3.63) is 0 Å². The van der Waals surface area contributed by atoms with Gasteiger partial charge in [-0.2, -0.15) is 0 Å². The fraction of sp³-hybridized carbons (Fsp3) is 0.875. The molecule has 2 heterocycles. The maximum absolute atomic E-state index is 11.6. The van der Waals surface area contributed by atoms with Crippen LogP contribution in [0.3, 0.4) is 0 Å². The van der Waals surface area contributed by atoms with Gasteiger partial charge in [0.05, 0.1) is 39.6 Å². The predicted molar refractivity (Wildman–Crippen MR) is 92.2 cm³/mol. The van der Waals surface area contributed by atoms with Crippen LogP contribution in [0.4, 0.5) is 9.59 Å². The Balaban J connectivity index is 1.36. The van der Waals surface area contributed by atoms with Crippen molar-refractivity contribution >= 4 is 12.2 Å². The molecule has 2 amide bonds. The lowest BCUT2D eigenvalue weighted by Crippen LogP contribution is -2.48. The van der Waals surface area contributed by atoms with Gasteiger partial charge in [0, 0.05) is 26.2 Å². The van der Waals surface area contributed by atoms with Crippen LogP contribution >= 0.6 is 0 Å². The van der Waals surface area contributed by atoms with E-state index in [1.54, 1.807) is 10.0 Å². The normalized spacial score (nSPS) is 18.9. The monoisotopic (exact) mass is 374 g/mol. The molecule has 0 radical (unpaired) electrons. The van der Waals surface area contributed by atoms with Gasteiger partial charge < -0.3 is 18.9 Å². The third kappa shape index (κ3) is 9.18. The van der Waals surface area contributed by atoms with E-state index in [9.17, 15) is 9.59 Å². The Morgan fingerprint density at radius 3 is 1.46 bits per heavy atom. The Labute approximate surface area is 154 Å². The fourth-order valence-corrected chi connectivity index (χ4v) is 2.56. The number of carbonyl (C=O) groups is 2. The number of hydrogen-bond donors (Lipinski definition) is 2. The number of unbranched alkanes of at least 4 members (excludes halogenated alkanes) is 3. The standard InChI is InChI=1S/C16H30N4O6/c21-15(17-19-5-11-23-12-6-19)25-9-3-1-2-4-10-26-16(22)18-20-7-13-24-14-8-20/h1-14H2,(H,17,21)(H,18,22). The number of amides is 2. The molecule has 0 atom stereocenters. The Morgan fingerprint density at radius 2 is 1.08 bits per heavy atom. The van der Waals surface area contributed by atoms with Crippen LogP contribution in [0.15, 0.2) is 0 Å².